The van der Waals surface area contributed by atoms with Crippen molar-refractivity contribution in [3.05, 3.63) is 29.3 Å². The Labute approximate surface area is 160 Å². The minimum absolute atomic E-state index is 0.0895. The van der Waals surface area contributed by atoms with Gasteiger partial charge in [0.05, 0.1) is 19.1 Å². The lowest BCUT2D eigenvalue weighted by atomic mass is 9.59. The first-order chi connectivity index (χ1) is 13.0. The summed E-state index contributed by atoms with van der Waals surface area (Å²) in [5, 5.41) is 2.92. The first kappa shape index (κ1) is 18.5. The van der Waals surface area contributed by atoms with E-state index in [-0.39, 0.29) is 30.3 Å². The van der Waals surface area contributed by atoms with E-state index in [1.807, 2.05) is 6.07 Å². The van der Waals surface area contributed by atoms with E-state index in [1.165, 1.54) is 37.5 Å². The van der Waals surface area contributed by atoms with Gasteiger partial charge in [-0.2, -0.15) is 0 Å². The molecule has 4 atom stereocenters. The third-order valence-electron chi connectivity index (χ3n) is 6.99. The molecule has 27 heavy (non-hydrogen) atoms. The predicted molar refractivity (Wildman–Crippen MR) is 103 cm³/mol. The van der Waals surface area contributed by atoms with Gasteiger partial charge in [0.1, 0.15) is 0 Å². The minimum atomic E-state index is -0.359. The summed E-state index contributed by atoms with van der Waals surface area (Å²) in [6.07, 6.45) is 6.06. The summed E-state index contributed by atoms with van der Waals surface area (Å²) in [6, 6.07) is 6.34. The maximum Gasteiger partial charge on any atom is 0.306 e. The lowest BCUT2D eigenvalue weighted by Gasteiger charge is -2.48. The number of fused-ring (bicyclic) bond motifs is 5. The van der Waals surface area contributed by atoms with Gasteiger partial charge < -0.3 is 14.8 Å². The number of rotatable bonds is 4. The number of carbonyl (C=O) groups excluding carboxylic acids is 2. The van der Waals surface area contributed by atoms with Gasteiger partial charge in [-0.25, -0.2) is 0 Å². The van der Waals surface area contributed by atoms with Crippen molar-refractivity contribution < 1.29 is 19.1 Å². The number of hydrogen-bond donors (Lipinski definition) is 1. The fraction of sp³-hybridized carbons (Fsp3) is 0.636. The number of benzene rings is 1. The third-order valence-corrected chi connectivity index (χ3v) is 6.99. The number of nitrogens with one attached hydrogen (secondary N) is 1. The summed E-state index contributed by atoms with van der Waals surface area (Å²) in [4.78, 5) is 23.2. The van der Waals surface area contributed by atoms with E-state index in [0.717, 1.165) is 31.1 Å². The first-order valence-electron chi connectivity index (χ1n) is 10.1. The highest BCUT2D eigenvalue weighted by atomic mass is 16.5. The van der Waals surface area contributed by atoms with E-state index in [9.17, 15) is 9.59 Å². The molecule has 1 aliphatic heterocycles. The van der Waals surface area contributed by atoms with E-state index in [2.05, 4.69) is 29.1 Å². The van der Waals surface area contributed by atoms with Crippen LogP contribution >= 0.6 is 0 Å². The Kier molecular flexibility index (Phi) is 4.97. The monoisotopic (exact) mass is 371 g/mol. The molecule has 0 aromatic heterocycles. The fourth-order valence-electron chi connectivity index (χ4n) is 5.61. The summed E-state index contributed by atoms with van der Waals surface area (Å²) in [5.74, 6) is 1.52. The Morgan fingerprint density at radius 3 is 2.93 bits per heavy atom. The lowest BCUT2D eigenvalue weighted by molar-refractivity contribution is -0.141. The number of methoxy groups -OCH3 is 1. The van der Waals surface area contributed by atoms with Crippen molar-refractivity contribution in [2.75, 3.05) is 19.0 Å². The number of aryl methyl sites for hydroxylation is 1. The summed E-state index contributed by atoms with van der Waals surface area (Å²) in [5.41, 5.74) is 3.75. The minimum Gasteiger partial charge on any atom is -0.469 e. The quantitative estimate of drug-likeness (QED) is 0.818. The Morgan fingerprint density at radius 1 is 1.26 bits per heavy atom. The first-order valence-corrected chi connectivity index (χ1v) is 10.1. The summed E-state index contributed by atoms with van der Waals surface area (Å²) < 4.78 is 10.7. The second-order valence-electron chi connectivity index (χ2n) is 8.44. The average Bonchev–Trinajstić information content (AvgIpc) is 3.07. The van der Waals surface area contributed by atoms with Crippen molar-refractivity contribution in [2.45, 2.75) is 63.4 Å². The van der Waals surface area contributed by atoms with Crippen molar-refractivity contribution in [1.29, 1.82) is 0 Å². The SMILES string of the molecule is COC(=O)CCC(=O)Nc1ccc2c(c1)CCC1C2CC[C@]2(C)OCCC12. The molecule has 1 aromatic rings. The van der Waals surface area contributed by atoms with Crippen LogP contribution in [0.15, 0.2) is 18.2 Å². The molecule has 3 aliphatic rings. The molecule has 1 saturated carbocycles. The van der Waals surface area contributed by atoms with Crippen LogP contribution in [-0.2, 0) is 25.5 Å². The Morgan fingerprint density at radius 2 is 2.11 bits per heavy atom. The molecule has 1 amide bonds. The van der Waals surface area contributed by atoms with Crippen molar-refractivity contribution >= 4 is 17.6 Å². The van der Waals surface area contributed by atoms with Gasteiger partial charge in [-0.05, 0) is 80.0 Å². The van der Waals surface area contributed by atoms with Crippen LogP contribution in [0.25, 0.3) is 0 Å². The zero-order valence-electron chi connectivity index (χ0n) is 16.3. The molecule has 2 fully saturated rings. The van der Waals surface area contributed by atoms with Gasteiger partial charge in [-0.3, -0.25) is 9.59 Å². The smallest absolute Gasteiger partial charge is 0.306 e. The second-order valence-corrected chi connectivity index (χ2v) is 8.44. The molecule has 5 nitrogen and oxygen atoms in total. The van der Waals surface area contributed by atoms with Gasteiger partial charge in [0.25, 0.3) is 0 Å². The number of carbonyl (C=O) groups is 2. The van der Waals surface area contributed by atoms with Gasteiger partial charge in [0, 0.05) is 18.7 Å². The van der Waals surface area contributed by atoms with Crippen LogP contribution in [0, 0.1) is 11.8 Å². The maximum absolute atomic E-state index is 12.1. The molecule has 0 radical (unpaired) electrons. The molecule has 3 unspecified atom stereocenters. The standard InChI is InChI=1S/C22H29NO4/c1-22-11-9-17-16-6-4-15(23-20(24)7-8-21(25)26-2)13-14(16)3-5-18(17)19(22)10-12-27-22/h4,6,13,17-19H,3,5,7-12H2,1-2H3,(H,23,24)/t17?,18?,19?,22-/m0/s1. The van der Waals surface area contributed by atoms with E-state index in [4.69, 9.17) is 4.74 Å². The Hall–Kier alpha value is -1.88. The van der Waals surface area contributed by atoms with Gasteiger partial charge >= 0.3 is 5.97 Å². The van der Waals surface area contributed by atoms with Gasteiger partial charge in [0.15, 0.2) is 0 Å². The van der Waals surface area contributed by atoms with Crippen LogP contribution in [0.5, 0.6) is 0 Å². The number of amides is 1. The largest absolute Gasteiger partial charge is 0.469 e. The summed E-state index contributed by atoms with van der Waals surface area (Å²) in [6.45, 7) is 3.22. The second kappa shape index (κ2) is 7.27. The van der Waals surface area contributed by atoms with Crippen molar-refractivity contribution in [2.24, 2.45) is 11.8 Å². The molecule has 1 saturated heterocycles. The van der Waals surface area contributed by atoms with E-state index in [0.29, 0.717) is 11.8 Å². The van der Waals surface area contributed by atoms with Crippen LogP contribution in [0.2, 0.25) is 0 Å². The van der Waals surface area contributed by atoms with Crippen LogP contribution in [-0.4, -0.2) is 31.2 Å². The molecule has 5 heteroatoms. The van der Waals surface area contributed by atoms with E-state index in [1.54, 1.807) is 0 Å². The molecule has 1 N–H and O–H groups in total. The maximum atomic E-state index is 12.1. The number of ether oxygens (including phenoxy) is 2. The van der Waals surface area contributed by atoms with Gasteiger partial charge in [0.2, 0.25) is 5.91 Å². The Bertz CT molecular complexity index is 746. The molecule has 1 aromatic carbocycles. The molecule has 2 aliphatic carbocycles. The van der Waals surface area contributed by atoms with E-state index >= 15 is 0 Å². The fourth-order valence-corrected chi connectivity index (χ4v) is 5.61. The molecule has 0 bridgehead atoms. The van der Waals surface area contributed by atoms with Gasteiger partial charge in [-0.15, -0.1) is 0 Å². The van der Waals surface area contributed by atoms with Crippen LogP contribution in [0.1, 0.15) is 62.5 Å². The molecule has 1 heterocycles. The number of hydrogen-bond acceptors (Lipinski definition) is 4. The third kappa shape index (κ3) is 3.49. The normalized spacial score (nSPS) is 31.4. The molecular weight excluding hydrogens is 342 g/mol. The number of esters is 1. The summed E-state index contributed by atoms with van der Waals surface area (Å²) in [7, 11) is 1.34. The highest BCUT2D eigenvalue weighted by Crippen LogP contribution is 2.55. The van der Waals surface area contributed by atoms with Crippen molar-refractivity contribution in [3.63, 3.8) is 0 Å². The lowest BCUT2D eigenvalue weighted by Crippen LogP contribution is -2.44. The predicted octanol–water partition coefficient (Wildman–Crippen LogP) is 3.81. The molecule has 146 valence electrons. The van der Waals surface area contributed by atoms with Crippen LogP contribution in [0.4, 0.5) is 5.69 Å². The molecular formula is C22H29NO4. The highest BCUT2D eigenvalue weighted by molar-refractivity contribution is 5.92. The summed E-state index contributed by atoms with van der Waals surface area (Å²) >= 11 is 0. The molecule has 0 spiro atoms. The average molecular weight is 371 g/mol. The van der Waals surface area contributed by atoms with Crippen molar-refractivity contribution in [1.82, 2.24) is 0 Å². The topological polar surface area (TPSA) is 64.6 Å². The highest BCUT2D eigenvalue weighted by Gasteiger charge is 2.51. The molecule has 4 rings (SSSR count). The zero-order chi connectivity index (χ0) is 19.0. The van der Waals surface area contributed by atoms with Crippen LogP contribution < -0.4 is 5.32 Å². The van der Waals surface area contributed by atoms with Crippen LogP contribution in [0.3, 0.4) is 0 Å². The van der Waals surface area contributed by atoms with E-state index < -0.39 is 0 Å². The Balaban J connectivity index is 1.45. The zero-order valence-corrected chi connectivity index (χ0v) is 16.3. The van der Waals surface area contributed by atoms with Crippen molar-refractivity contribution in [3.8, 4) is 0 Å². The van der Waals surface area contributed by atoms with Gasteiger partial charge in [-0.1, -0.05) is 6.07 Å². The number of anilines is 1.